The molecule has 0 fully saturated rings. The molecule has 102 valence electrons. The number of benzene rings is 1. The number of para-hydroxylation sites is 1. The molecule has 0 amide bonds. The fraction of sp³-hybridized carbons (Fsp3) is 0.444. The molecular formula is C18H25N. The summed E-state index contributed by atoms with van der Waals surface area (Å²) < 4.78 is 0. The number of hydrogen-bond acceptors (Lipinski definition) is 1. The molecule has 19 heavy (non-hydrogen) atoms. The van der Waals surface area contributed by atoms with Gasteiger partial charge in [-0.2, -0.15) is 0 Å². The van der Waals surface area contributed by atoms with Gasteiger partial charge in [-0.15, -0.1) is 0 Å². The average Bonchev–Trinajstić information content (AvgIpc) is 2.29. The maximum Gasteiger partial charge on any atom is 0.0390 e. The van der Waals surface area contributed by atoms with Gasteiger partial charge in [0.1, 0.15) is 0 Å². The van der Waals surface area contributed by atoms with Crippen LogP contribution in [0.1, 0.15) is 46.6 Å². The van der Waals surface area contributed by atoms with Crippen molar-refractivity contribution in [1.82, 2.24) is 0 Å². The van der Waals surface area contributed by atoms with E-state index in [4.69, 9.17) is 5.73 Å². The van der Waals surface area contributed by atoms with Gasteiger partial charge in [-0.3, -0.25) is 0 Å². The highest BCUT2D eigenvalue weighted by atomic mass is 14.6. The lowest BCUT2D eigenvalue weighted by molar-refractivity contribution is 0.462. The normalized spacial score (nSPS) is 20.5. The largest absolute Gasteiger partial charge is 0.398 e. The van der Waals surface area contributed by atoms with Crippen molar-refractivity contribution in [3.8, 4) is 0 Å². The third kappa shape index (κ3) is 2.75. The van der Waals surface area contributed by atoms with Crippen LogP contribution in [0.3, 0.4) is 0 Å². The van der Waals surface area contributed by atoms with E-state index in [1.165, 1.54) is 22.3 Å². The SMILES string of the molecule is CC1=C(c2ccccc2N)C(C)CC(C(C)(C)C)=C1. The van der Waals surface area contributed by atoms with Crippen molar-refractivity contribution in [3.05, 3.63) is 47.1 Å². The third-order valence-corrected chi connectivity index (χ3v) is 4.05. The minimum atomic E-state index is 0.253. The zero-order valence-corrected chi connectivity index (χ0v) is 12.7. The Balaban J connectivity index is 2.52. The van der Waals surface area contributed by atoms with E-state index in [1.807, 2.05) is 12.1 Å². The number of allylic oxidation sites excluding steroid dienone is 4. The summed E-state index contributed by atoms with van der Waals surface area (Å²) >= 11 is 0. The van der Waals surface area contributed by atoms with Crippen LogP contribution < -0.4 is 5.73 Å². The zero-order valence-electron chi connectivity index (χ0n) is 12.7. The van der Waals surface area contributed by atoms with Crippen LogP contribution in [-0.4, -0.2) is 0 Å². The highest BCUT2D eigenvalue weighted by Gasteiger charge is 2.26. The molecule has 1 aromatic rings. The Morgan fingerprint density at radius 1 is 1.16 bits per heavy atom. The Labute approximate surface area is 117 Å². The maximum absolute atomic E-state index is 6.14. The molecule has 1 atom stereocenters. The highest BCUT2D eigenvalue weighted by Crippen LogP contribution is 2.43. The summed E-state index contributed by atoms with van der Waals surface area (Å²) in [5.74, 6) is 0.531. The summed E-state index contributed by atoms with van der Waals surface area (Å²) in [5, 5.41) is 0. The molecule has 1 unspecified atom stereocenters. The fourth-order valence-electron chi connectivity index (χ4n) is 2.96. The number of nitrogens with two attached hydrogens (primary N) is 1. The molecule has 0 spiro atoms. The zero-order chi connectivity index (χ0) is 14.2. The van der Waals surface area contributed by atoms with Crippen molar-refractivity contribution < 1.29 is 0 Å². The standard InChI is InChI=1S/C18H25N/c1-12-10-14(18(3,4)5)11-13(2)17(12)15-8-6-7-9-16(15)19/h6-10,13H,11,19H2,1-5H3. The highest BCUT2D eigenvalue weighted by molar-refractivity contribution is 5.80. The predicted octanol–water partition coefficient (Wildman–Crippen LogP) is 5.05. The quantitative estimate of drug-likeness (QED) is 0.698. The predicted molar refractivity (Wildman–Crippen MR) is 84.8 cm³/mol. The van der Waals surface area contributed by atoms with Gasteiger partial charge in [0, 0.05) is 11.3 Å². The number of nitrogen functional groups attached to an aromatic ring is 1. The molecule has 0 saturated carbocycles. The Morgan fingerprint density at radius 2 is 1.79 bits per heavy atom. The van der Waals surface area contributed by atoms with Gasteiger partial charge in [0.15, 0.2) is 0 Å². The molecule has 1 heteroatoms. The third-order valence-electron chi connectivity index (χ3n) is 4.05. The van der Waals surface area contributed by atoms with E-state index in [2.05, 4.69) is 52.8 Å². The molecule has 0 aromatic heterocycles. The van der Waals surface area contributed by atoms with Gasteiger partial charge < -0.3 is 5.73 Å². The second kappa shape index (κ2) is 4.88. The van der Waals surface area contributed by atoms with Crippen molar-refractivity contribution in [2.75, 3.05) is 5.73 Å². The van der Waals surface area contributed by atoms with Crippen molar-refractivity contribution in [3.63, 3.8) is 0 Å². The summed E-state index contributed by atoms with van der Waals surface area (Å²) in [7, 11) is 0. The van der Waals surface area contributed by atoms with Gasteiger partial charge >= 0.3 is 0 Å². The van der Waals surface area contributed by atoms with E-state index >= 15 is 0 Å². The minimum Gasteiger partial charge on any atom is -0.398 e. The van der Waals surface area contributed by atoms with Crippen molar-refractivity contribution >= 4 is 11.3 Å². The van der Waals surface area contributed by atoms with Crippen molar-refractivity contribution in [2.45, 2.75) is 41.0 Å². The van der Waals surface area contributed by atoms with E-state index in [1.54, 1.807) is 0 Å². The number of rotatable bonds is 1. The lowest BCUT2D eigenvalue weighted by Gasteiger charge is -2.32. The molecule has 2 N–H and O–H groups in total. The number of hydrogen-bond donors (Lipinski definition) is 1. The summed E-state index contributed by atoms with van der Waals surface area (Å²) in [6, 6.07) is 8.20. The lowest BCUT2D eigenvalue weighted by atomic mass is 9.73. The van der Waals surface area contributed by atoms with Crippen LogP contribution in [0.4, 0.5) is 5.69 Å². The average molecular weight is 255 g/mol. The molecule has 1 aliphatic carbocycles. The Hall–Kier alpha value is -1.50. The first-order valence-corrected chi connectivity index (χ1v) is 7.07. The van der Waals surface area contributed by atoms with Crippen LogP contribution in [0.15, 0.2) is 41.5 Å². The van der Waals surface area contributed by atoms with Gasteiger partial charge in [-0.05, 0) is 41.9 Å². The topological polar surface area (TPSA) is 26.0 Å². The monoisotopic (exact) mass is 255 g/mol. The first-order valence-electron chi connectivity index (χ1n) is 7.07. The summed E-state index contributed by atoms with van der Waals surface area (Å²) in [6.45, 7) is 11.4. The molecule has 1 aliphatic rings. The first-order chi connectivity index (χ1) is 8.80. The summed E-state index contributed by atoms with van der Waals surface area (Å²) in [5.41, 5.74) is 12.8. The van der Waals surface area contributed by atoms with Gasteiger partial charge in [0.2, 0.25) is 0 Å². The molecule has 0 saturated heterocycles. The van der Waals surface area contributed by atoms with Gasteiger partial charge in [0.05, 0.1) is 0 Å². The smallest absolute Gasteiger partial charge is 0.0390 e. The summed E-state index contributed by atoms with van der Waals surface area (Å²) in [6.07, 6.45) is 3.49. The Kier molecular flexibility index (Phi) is 3.58. The second-order valence-corrected chi connectivity index (χ2v) is 6.71. The number of anilines is 1. The van der Waals surface area contributed by atoms with E-state index < -0.39 is 0 Å². The molecule has 1 nitrogen and oxygen atoms in total. The minimum absolute atomic E-state index is 0.253. The molecule has 2 rings (SSSR count). The van der Waals surface area contributed by atoms with Crippen molar-refractivity contribution in [1.29, 1.82) is 0 Å². The van der Waals surface area contributed by atoms with Crippen LogP contribution in [0.5, 0.6) is 0 Å². The van der Waals surface area contributed by atoms with Crippen LogP contribution in [-0.2, 0) is 0 Å². The van der Waals surface area contributed by atoms with E-state index in [9.17, 15) is 0 Å². The summed E-state index contributed by atoms with van der Waals surface area (Å²) in [4.78, 5) is 0. The lowest BCUT2D eigenvalue weighted by Crippen LogP contribution is -2.17. The molecule has 0 bridgehead atoms. The maximum atomic E-state index is 6.14. The Bertz CT molecular complexity index is 541. The van der Waals surface area contributed by atoms with E-state index in [0.717, 1.165) is 12.1 Å². The van der Waals surface area contributed by atoms with Crippen LogP contribution >= 0.6 is 0 Å². The first kappa shape index (κ1) is 13.9. The van der Waals surface area contributed by atoms with Crippen LogP contribution in [0.2, 0.25) is 0 Å². The molecule has 0 radical (unpaired) electrons. The second-order valence-electron chi connectivity index (χ2n) is 6.71. The van der Waals surface area contributed by atoms with E-state index in [0.29, 0.717) is 5.92 Å². The van der Waals surface area contributed by atoms with Gasteiger partial charge in [-0.25, -0.2) is 0 Å². The van der Waals surface area contributed by atoms with Crippen LogP contribution in [0, 0.1) is 11.3 Å². The van der Waals surface area contributed by atoms with Crippen molar-refractivity contribution in [2.24, 2.45) is 11.3 Å². The van der Waals surface area contributed by atoms with Gasteiger partial charge in [-0.1, -0.05) is 57.5 Å². The molecule has 0 heterocycles. The van der Waals surface area contributed by atoms with Gasteiger partial charge in [0.25, 0.3) is 0 Å². The van der Waals surface area contributed by atoms with E-state index in [-0.39, 0.29) is 5.41 Å². The Morgan fingerprint density at radius 3 is 2.32 bits per heavy atom. The molecule has 0 aliphatic heterocycles. The fourth-order valence-corrected chi connectivity index (χ4v) is 2.96. The molecule has 1 aromatic carbocycles. The molecular weight excluding hydrogens is 230 g/mol. The van der Waals surface area contributed by atoms with Crippen LogP contribution in [0.25, 0.3) is 5.57 Å².